The molecule has 2 aromatic heterocycles. The standard InChI is InChI=1S/C23H19IN2O6/c1-3-12-13-7-11(27)5-6-17(13)25-20-14(12)9-26-18(20)8-16-15(21(26)29)10-31-22(30)23(16,24)32-19(28)4-2/h5-8,27H,3-4,9-10H2,1-2H3/t23-/m0/s1. The van der Waals surface area contributed by atoms with E-state index in [1.807, 2.05) is 6.92 Å². The largest absolute Gasteiger partial charge is 0.508 e. The van der Waals surface area contributed by atoms with Crippen LogP contribution in [0.2, 0.25) is 0 Å². The molecular weight excluding hydrogens is 527 g/mol. The molecule has 0 amide bonds. The van der Waals surface area contributed by atoms with Crippen LogP contribution >= 0.6 is 22.6 Å². The van der Waals surface area contributed by atoms with Crippen molar-refractivity contribution in [2.75, 3.05) is 0 Å². The van der Waals surface area contributed by atoms with Crippen LogP contribution in [0.5, 0.6) is 5.75 Å². The monoisotopic (exact) mass is 546 g/mol. The highest BCUT2D eigenvalue weighted by Gasteiger charge is 2.49. The summed E-state index contributed by atoms with van der Waals surface area (Å²) in [6, 6.07) is 6.72. The van der Waals surface area contributed by atoms with Crippen molar-refractivity contribution in [3.8, 4) is 17.1 Å². The maximum atomic E-state index is 13.4. The highest BCUT2D eigenvalue weighted by molar-refractivity contribution is 14.1. The minimum Gasteiger partial charge on any atom is -0.508 e. The average molecular weight is 546 g/mol. The average Bonchev–Trinajstić information content (AvgIpc) is 3.14. The first kappa shape index (κ1) is 20.9. The van der Waals surface area contributed by atoms with E-state index in [0.717, 1.165) is 16.5 Å². The first-order valence-electron chi connectivity index (χ1n) is 10.3. The zero-order valence-corrected chi connectivity index (χ0v) is 19.6. The fourth-order valence-corrected chi connectivity index (χ4v) is 5.32. The number of aryl methyl sites for hydroxylation is 1. The lowest BCUT2D eigenvalue weighted by Gasteiger charge is -2.31. The molecule has 4 heterocycles. The molecule has 3 aromatic rings. The fourth-order valence-electron chi connectivity index (χ4n) is 4.44. The van der Waals surface area contributed by atoms with Crippen molar-refractivity contribution >= 4 is 45.4 Å². The molecule has 1 aromatic carbocycles. The number of phenols is 1. The second-order valence-corrected chi connectivity index (χ2v) is 9.30. The lowest BCUT2D eigenvalue weighted by atomic mass is 9.97. The summed E-state index contributed by atoms with van der Waals surface area (Å²) in [7, 11) is 0. The topological polar surface area (TPSA) is 108 Å². The van der Waals surface area contributed by atoms with Gasteiger partial charge in [-0.2, -0.15) is 0 Å². The van der Waals surface area contributed by atoms with Crippen LogP contribution in [-0.2, 0) is 42.2 Å². The van der Waals surface area contributed by atoms with E-state index in [1.165, 1.54) is 0 Å². The van der Waals surface area contributed by atoms with Crippen molar-refractivity contribution in [2.45, 2.75) is 43.4 Å². The van der Waals surface area contributed by atoms with E-state index in [2.05, 4.69) is 0 Å². The van der Waals surface area contributed by atoms with Crippen molar-refractivity contribution in [1.82, 2.24) is 9.55 Å². The summed E-state index contributed by atoms with van der Waals surface area (Å²) in [5.41, 5.74) is 4.15. The lowest BCUT2D eigenvalue weighted by molar-refractivity contribution is -0.173. The number of ether oxygens (including phenoxy) is 2. The third-order valence-corrected chi connectivity index (χ3v) is 7.24. The Balaban J connectivity index is 1.78. The van der Waals surface area contributed by atoms with Crippen LogP contribution in [0.1, 0.15) is 42.5 Å². The molecule has 0 saturated heterocycles. The zero-order chi connectivity index (χ0) is 22.8. The molecule has 0 saturated carbocycles. The van der Waals surface area contributed by atoms with Gasteiger partial charge >= 0.3 is 11.9 Å². The summed E-state index contributed by atoms with van der Waals surface area (Å²) in [6.45, 7) is 3.80. The number of hydrogen-bond acceptors (Lipinski definition) is 7. The summed E-state index contributed by atoms with van der Waals surface area (Å²) in [6.07, 6.45) is 0.777. The third-order valence-electron chi connectivity index (χ3n) is 6.00. The van der Waals surface area contributed by atoms with Gasteiger partial charge in [-0.3, -0.25) is 9.59 Å². The second kappa shape index (κ2) is 7.29. The van der Waals surface area contributed by atoms with E-state index < -0.39 is 15.5 Å². The summed E-state index contributed by atoms with van der Waals surface area (Å²) in [4.78, 5) is 42.9. The van der Waals surface area contributed by atoms with E-state index in [-0.39, 0.29) is 24.3 Å². The molecule has 164 valence electrons. The fraction of sp³-hybridized carbons (Fsp3) is 0.304. The Labute approximate surface area is 196 Å². The van der Waals surface area contributed by atoms with Gasteiger partial charge in [0.25, 0.3) is 9.17 Å². The Morgan fingerprint density at radius 1 is 1.28 bits per heavy atom. The van der Waals surface area contributed by atoms with Gasteiger partial charge in [0.15, 0.2) is 0 Å². The number of carbonyl (C=O) groups excluding carboxylic acids is 2. The molecule has 1 N–H and O–H groups in total. The van der Waals surface area contributed by atoms with Crippen LogP contribution < -0.4 is 5.56 Å². The predicted molar refractivity (Wildman–Crippen MR) is 123 cm³/mol. The smallest absolute Gasteiger partial charge is 0.366 e. The van der Waals surface area contributed by atoms with Crippen molar-refractivity contribution in [3.63, 3.8) is 0 Å². The van der Waals surface area contributed by atoms with Crippen molar-refractivity contribution in [2.24, 2.45) is 0 Å². The molecule has 8 nitrogen and oxygen atoms in total. The Kier molecular flexibility index (Phi) is 4.77. The Morgan fingerprint density at radius 2 is 2.06 bits per heavy atom. The number of phenolic OH excluding ortho intramolecular Hbond substituents is 1. The van der Waals surface area contributed by atoms with Crippen LogP contribution in [0.3, 0.4) is 0 Å². The van der Waals surface area contributed by atoms with Gasteiger partial charge < -0.3 is 19.1 Å². The number of fused-ring (bicyclic) bond motifs is 5. The van der Waals surface area contributed by atoms with Gasteiger partial charge in [-0.05, 0) is 58.8 Å². The highest BCUT2D eigenvalue weighted by atomic mass is 127. The number of esters is 2. The molecule has 0 spiro atoms. The molecule has 0 radical (unpaired) electrons. The SMILES string of the molecule is CCC(=O)O[C@]1(I)C(=O)OCc2c1cc1n(c2=O)Cc2c-1nc1ccc(O)cc1c2CC. The van der Waals surface area contributed by atoms with E-state index in [9.17, 15) is 19.5 Å². The van der Waals surface area contributed by atoms with E-state index >= 15 is 0 Å². The predicted octanol–water partition coefficient (Wildman–Crippen LogP) is 3.29. The van der Waals surface area contributed by atoms with Crippen LogP contribution in [0.4, 0.5) is 0 Å². The van der Waals surface area contributed by atoms with Gasteiger partial charge in [0.2, 0.25) is 0 Å². The minimum atomic E-state index is -1.73. The molecule has 0 aliphatic carbocycles. The zero-order valence-electron chi connectivity index (χ0n) is 17.4. The van der Waals surface area contributed by atoms with Gasteiger partial charge in [-0.1, -0.05) is 13.8 Å². The van der Waals surface area contributed by atoms with Gasteiger partial charge in [0.1, 0.15) is 12.4 Å². The second-order valence-electron chi connectivity index (χ2n) is 7.78. The summed E-state index contributed by atoms with van der Waals surface area (Å²) < 4.78 is 10.6. The molecule has 32 heavy (non-hydrogen) atoms. The third kappa shape index (κ3) is 2.86. The number of rotatable bonds is 3. The number of aromatic hydroxyl groups is 1. The van der Waals surface area contributed by atoms with E-state index in [0.29, 0.717) is 41.0 Å². The Bertz CT molecular complexity index is 1400. The summed E-state index contributed by atoms with van der Waals surface area (Å²) in [5.74, 6) is -1.13. The van der Waals surface area contributed by atoms with Crippen molar-refractivity contribution < 1.29 is 24.2 Å². The number of halogens is 1. The number of alkyl halides is 1. The minimum absolute atomic E-state index is 0.0837. The lowest BCUT2D eigenvalue weighted by Crippen LogP contribution is -2.43. The molecule has 0 fully saturated rings. The highest BCUT2D eigenvalue weighted by Crippen LogP contribution is 2.44. The number of carbonyl (C=O) groups is 2. The van der Waals surface area contributed by atoms with E-state index in [4.69, 9.17) is 14.5 Å². The number of aromatic nitrogens is 2. The maximum absolute atomic E-state index is 13.4. The van der Waals surface area contributed by atoms with E-state index in [1.54, 1.807) is 58.3 Å². The van der Waals surface area contributed by atoms with Crippen LogP contribution in [0.15, 0.2) is 29.1 Å². The molecule has 9 heteroatoms. The summed E-state index contributed by atoms with van der Waals surface area (Å²) in [5, 5.41) is 10.8. The molecule has 0 unspecified atom stereocenters. The number of nitrogens with zero attached hydrogens (tertiary/aromatic N) is 2. The molecule has 0 bridgehead atoms. The van der Waals surface area contributed by atoms with Crippen LogP contribution in [-0.4, -0.2) is 26.6 Å². The molecule has 2 aliphatic heterocycles. The molecule has 5 rings (SSSR count). The maximum Gasteiger partial charge on any atom is 0.366 e. The number of cyclic esters (lactones) is 1. The van der Waals surface area contributed by atoms with Crippen LogP contribution in [0.25, 0.3) is 22.3 Å². The number of hydrogen-bond donors (Lipinski definition) is 1. The van der Waals surface area contributed by atoms with Crippen LogP contribution in [0, 0.1) is 0 Å². The number of benzene rings is 1. The Morgan fingerprint density at radius 3 is 2.78 bits per heavy atom. The van der Waals surface area contributed by atoms with Crippen molar-refractivity contribution in [1.29, 1.82) is 0 Å². The van der Waals surface area contributed by atoms with Gasteiger partial charge in [0.05, 0.1) is 29.0 Å². The summed E-state index contributed by atoms with van der Waals surface area (Å²) >= 11 is 1.75. The first-order chi connectivity index (χ1) is 15.3. The molecule has 1 atom stereocenters. The van der Waals surface area contributed by atoms with Gasteiger partial charge in [0, 0.05) is 22.9 Å². The van der Waals surface area contributed by atoms with Gasteiger partial charge in [-0.25, -0.2) is 9.78 Å². The number of pyridine rings is 2. The molecular formula is C23H19IN2O6. The van der Waals surface area contributed by atoms with Gasteiger partial charge in [-0.15, -0.1) is 0 Å². The first-order valence-corrected chi connectivity index (χ1v) is 11.4. The van der Waals surface area contributed by atoms with Crippen molar-refractivity contribution in [3.05, 3.63) is 56.9 Å². The Hall–Kier alpha value is -2.95. The normalized spacial score (nSPS) is 18.7. The molecule has 2 aliphatic rings. The quantitative estimate of drug-likeness (QED) is 0.239.